The maximum Gasteiger partial charge on any atom is 0.225 e. The number of amides is 1. The quantitative estimate of drug-likeness (QED) is 0.651. The number of carbonyl (C=O) groups excluding carboxylic acids is 1. The highest BCUT2D eigenvalue weighted by Gasteiger charge is 2.24. The molecule has 0 heterocycles. The van der Waals surface area contributed by atoms with Crippen molar-refractivity contribution in [3.8, 4) is 0 Å². The monoisotopic (exact) mass is 289 g/mol. The molecule has 0 aliphatic heterocycles. The molecular formula is C19H31NO. The predicted octanol–water partition coefficient (Wildman–Crippen LogP) is 5.25. The predicted molar refractivity (Wildman–Crippen MR) is 90.2 cm³/mol. The third kappa shape index (κ3) is 6.79. The summed E-state index contributed by atoms with van der Waals surface area (Å²) in [4.78, 5) is 12.3. The molecule has 0 radical (unpaired) electrons. The van der Waals surface area contributed by atoms with Crippen molar-refractivity contribution in [2.75, 3.05) is 0 Å². The Hall–Kier alpha value is -1.31. The smallest absolute Gasteiger partial charge is 0.225 e. The molecule has 0 bridgehead atoms. The van der Waals surface area contributed by atoms with E-state index >= 15 is 0 Å². The zero-order chi connectivity index (χ0) is 15.7. The summed E-state index contributed by atoms with van der Waals surface area (Å²) in [6.45, 7) is 8.12. The molecular weight excluding hydrogens is 258 g/mol. The Labute approximate surface area is 130 Å². The van der Waals surface area contributed by atoms with Crippen molar-refractivity contribution in [1.29, 1.82) is 0 Å². The second kappa shape index (κ2) is 8.86. The molecule has 0 fully saturated rings. The van der Waals surface area contributed by atoms with E-state index in [1.165, 1.54) is 37.7 Å². The van der Waals surface area contributed by atoms with Crippen LogP contribution in [0.15, 0.2) is 30.3 Å². The summed E-state index contributed by atoms with van der Waals surface area (Å²) >= 11 is 0. The van der Waals surface area contributed by atoms with Crippen molar-refractivity contribution in [2.45, 2.75) is 72.3 Å². The Balaban J connectivity index is 2.61. The molecule has 0 saturated carbocycles. The van der Waals surface area contributed by atoms with E-state index in [0.29, 0.717) is 0 Å². The Morgan fingerprint density at radius 2 is 1.67 bits per heavy atom. The van der Waals surface area contributed by atoms with Crippen molar-refractivity contribution in [2.24, 2.45) is 5.41 Å². The van der Waals surface area contributed by atoms with Crippen molar-refractivity contribution < 1.29 is 4.79 Å². The summed E-state index contributed by atoms with van der Waals surface area (Å²) in [6, 6.07) is 10.5. The van der Waals surface area contributed by atoms with Crippen molar-refractivity contribution in [3.63, 3.8) is 0 Å². The van der Waals surface area contributed by atoms with Gasteiger partial charge in [-0.05, 0) is 12.0 Å². The zero-order valence-corrected chi connectivity index (χ0v) is 14.1. The highest BCUT2D eigenvalue weighted by Crippen LogP contribution is 2.23. The van der Waals surface area contributed by atoms with Crippen LogP contribution in [0.2, 0.25) is 0 Å². The molecule has 1 aromatic carbocycles. The van der Waals surface area contributed by atoms with Gasteiger partial charge in [-0.15, -0.1) is 0 Å². The van der Waals surface area contributed by atoms with Gasteiger partial charge in [0.25, 0.3) is 0 Å². The summed E-state index contributed by atoms with van der Waals surface area (Å²) in [7, 11) is 0. The molecule has 0 aliphatic rings. The van der Waals surface area contributed by atoms with Gasteiger partial charge in [0, 0.05) is 5.41 Å². The van der Waals surface area contributed by atoms with Crippen molar-refractivity contribution in [1.82, 2.24) is 5.32 Å². The van der Waals surface area contributed by atoms with Crippen LogP contribution in [-0.4, -0.2) is 5.91 Å². The largest absolute Gasteiger partial charge is 0.349 e. The minimum atomic E-state index is -0.338. The van der Waals surface area contributed by atoms with E-state index in [-0.39, 0.29) is 17.4 Å². The number of unbranched alkanes of at least 4 members (excludes halogenated alkanes) is 4. The molecule has 1 rings (SSSR count). The van der Waals surface area contributed by atoms with Gasteiger partial charge >= 0.3 is 0 Å². The van der Waals surface area contributed by atoms with Crippen LogP contribution in [0.25, 0.3) is 0 Å². The number of carbonyl (C=O) groups is 1. The Kier molecular flexibility index (Phi) is 7.49. The van der Waals surface area contributed by atoms with Crippen LogP contribution < -0.4 is 5.32 Å². The van der Waals surface area contributed by atoms with Crippen LogP contribution >= 0.6 is 0 Å². The van der Waals surface area contributed by atoms with Crippen LogP contribution in [0.5, 0.6) is 0 Å². The van der Waals surface area contributed by atoms with Gasteiger partial charge in [0.05, 0.1) is 6.04 Å². The van der Waals surface area contributed by atoms with E-state index < -0.39 is 0 Å². The summed E-state index contributed by atoms with van der Waals surface area (Å²) in [5.74, 6) is 0.130. The van der Waals surface area contributed by atoms with Gasteiger partial charge in [0.15, 0.2) is 0 Å². The molecule has 0 unspecified atom stereocenters. The van der Waals surface area contributed by atoms with E-state index in [1.54, 1.807) is 0 Å². The lowest BCUT2D eigenvalue weighted by Gasteiger charge is -2.25. The Bertz CT molecular complexity index is 405. The number of nitrogens with one attached hydrogen (secondary N) is 1. The molecule has 2 nitrogen and oxygen atoms in total. The summed E-state index contributed by atoms with van der Waals surface area (Å²) in [6.07, 6.45) is 7.32. The number of hydrogen-bond acceptors (Lipinski definition) is 1. The van der Waals surface area contributed by atoms with E-state index in [1.807, 2.05) is 39.0 Å². The van der Waals surface area contributed by atoms with Gasteiger partial charge in [-0.2, -0.15) is 0 Å². The van der Waals surface area contributed by atoms with Gasteiger partial charge in [0.2, 0.25) is 5.91 Å². The third-order valence-electron chi connectivity index (χ3n) is 3.78. The zero-order valence-electron chi connectivity index (χ0n) is 14.1. The Morgan fingerprint density at radius 3 is 2.24 bits per heavy atom. The highest BCUT2D eigenvalue weighted by molar-refractivity contribution is 5.81. The molecule has 21 heavy (non-hydrogen) atoms. The van der Waals surface area contributed by atoms with E-state index in [4.69, 9.17) is 0 Å². The first-order valence-electron chi connectivity index (χ1n) is 8.31. The van der Waals surface area contributed by atoms with Gasteiger partial charge < -0.3 is 5.32 Å². The first kappa shape index (κ1) is 17.7. The number of benzene rings is 1. The fourth-order valence-corrected chi connectivity index (χ4v) is 2.33. The fourth-order valence-electron chi connectivity index (χ4n) is 2.33. The van der Waals surface area contributed by atoms with Gasteiger partial charge in [-0.25, -0.2) is 0 Å². The lowest BCUT2D eigenvalue weighted by Crippen LogP contribution is -2.37. The maximum atomic E-state index is 12.3. The van der Waals surface area contributed by atoms with Crippen LogP contribution in [-0.2, 0) is 4.79 Å². The molecule has 1 N–H and O–H groups in total. The summed E-state index contributed by atoms with van der Waals surface area (Å²) < 4.78 is 0. The van der Waals surface area contributed by atoms with E-state index in [2.05, 4.69) is 24.4 Å². The summed E-state index contributed by atoms with van der Waals surface area (Å²) in [5.41, 5.74) is 0.875. The lowest BCUT2D eigenvalue weighted by molar-refractivity contribution is -0.129. The lowest BCUT2D eigenvalue weighted by atomic mass is 9.93. The second-order valence-electron chi connectivity index (χ2n) is 6.89. The molecule has 0 aromatic heterocycles. The summed E-state index contributed by atoms with van der Waals surface area (Å²) in [5, 5.41) is 3.23. The molecule has 1 amide bonds. The van der Waals surface area contributed by atoms with Crippen LogP contribution in [0, 0.1) is 5.41 Å². The van der Waals surface area contributed by atoms with Gasteiger partial charge in [-0.3, -0.25) is 4.79 Å². The maximum absolute atomic E-state index is 12.3. The van der Waals surface area contributed by atoms with Crippen LogP contribution in [0.1, 0.15) is 77.8 Å². The Morgan fingerprint density at radius 1 is 1.05 bits per heavy atom. The first-order chi connectivity index (χ1) is 9.95. The van der Waals surface area contributed by atoms with Crippen LogP contribution in [0.4, 0.5) is 0 Å². The van der Waals surface area contributed by atoms with E-state index in [9.17, 15) is 4.79 Å². The standard InChI is InChI=1S/C19H31NO/c1-5-6-7-8-12-15-17(16-13-10-9-11-14-16)20-18(21)19(2,3)4/h9-11,13-14,17H,5-8,12,15H2,1-4H3,(H,20,21)/t17-/m1/s1. The van der Waals surface area contributed by atoms with Crippen molar-refractivity contribution >= 4 is 5.91 Å². The molecule has 0 spiro atoms. The SMILES string of the molecule is CCCCCCC[C@@H](NC(=O)C(C)(C)C)c1ccccc1. The van der Waals surface area contributed by atoms with Gasteiger partial charge in [0.1, 0.15) is 0 Å². The second-order valence-corrected chi connectivity index (χ2v) is 6.89. The van der Waals surface area contributed by atoms with Crippen molar-refractivity contribution in [3.05, 3.63) is 35.9 Å². The molecule has 1 aromatic rings. The minimum Gasteiger partial charge on any atom is -0.349 e. The molecule has 1 atom stereocenters. The van der Waals surface area contributed by atoms with E-state index in [0.717, 1.165) is 6.42 Å². The molecule has 0 aliphatic carbocycles. The number of rotatable bonds is 8. The number of hydrogen-bond donors (Lipinski definition) is 1. The third-order valence-corrected chi connectivity index (χ3v) is 3.78. The molecule has 0 saturated heterocycles. The minimum absolute atomic E-state index is 0.130. The van der Waals surface area contributed by atoms with Crippen LogP contribution in [0.3, 0.4) is 0 Å². The van der Waals surface area contributed by atoms with Gasteiger partial charge in [-0.1, -0.05) is 90.1 Å². The average molecular weight is 289 g/mol. The first-order valence-corrected chi connectivity index (χ1v) is 8.31. The normalized spacial score (nSPS) is 13.0. The average Bonchev–Trinajstić information content (AvgIpc) is 2.45. The molecule has 118 valence electrons. The fraction of sp³-hybridized carbons (Fsp3) is 0.632. The molecule has 2 heteroatoms. The topological polar surface area (TPSA) is 29.1 Å². The highest BCUT2D eigenvalue weighted by atomic mass is 16.2.